The van der Waals surface area contributed by atoms with Crippen LogP contribution in [0.25, 0.3) is 21.5 Å². The highest BCUT2D eigenvalue weighted by Crippen LogP contribution is 2.33. The lowest BCUT2D eigenvalue weighted by Crippen LogP contribution is -2.17. The Morgan fingerprint density at radius 2 is 2.00 bits per heavy atom. The molecule has 4 aromatic rings. The molecule has 0 saturated carbocycles. The second-order valence-electron chi connectivity index (χ2n) is 7.30. The fourth-order valence-electron chi connectivity index (χ4n) is 3.80. The number of carbonyl (C=O) groups excluding carboxylic acids is 1. The van der Waals surface area contributed by atoms with E-state index in [1.807, 2.05) is 6.07 Å². The minimum absolute atomic E-state index is 0.147. The number of nitrogens with zero attached hydrogens (tertiary/aromatic N) is 3. The molecule has 0 spiro atoms. The number of fused-ring (bicyclic) bond motifs is 3. The van der Waals surface area contributed by atoms with Crippen LogP contribution in [-0.2, 0) is 17.6 Å². The summed E-state index contributed by atoms with van der Waals surface area (Å²) in [5.41, 5.74) is 2.28. The van der Waals surface area contributed by atoms with Gasteiger partial charge in [0.05, 0.1) is 24.3 Å². The minimum Gasteiger partial charge on any atom is -0.465 e. The Kier molecular flexibility index (Phi) is 4.99. The van der Waals surface area contributed by atoms with Crippen LogP contribution < -0.4 is 5.56 Å². The molecule has 7 nitrogen and oxygen atoms in total. The molecule has 0 unspecified atom stereocenters. The van der Waals surface area contributed by atoms with E-state index in [1.54, 1.807) is 41.7 Å². The number of carbonyl (C=O) groups is 1. The number of furan rings is 1. The first-order valence-corrected chi connectivity index (χ1v) is 10.8. The van der Waals surface area contributed by atoms with Crippen molar-refractivity contribution in [2.45, 2.75) is 25.7 Å². The first-order chi connectivity index (χ1) is 15.1. The van der Waals surface area contributed by atoms with Crippen LogP contribution in [0.1, 0.15) is 39.4 Å². The quantitative estimate of drug-likeness (QED) is 0.354. The van der Waals surface area contributed by atoms with Crippen molar-refractivity contribution in [2.24, 2.45) is 5.10 Å². The predicted octanol–water partition coefficient (Wildman–Crippen LogP) is 4.27. The molecular formula is C23H19N3O4S. The second-order valence-corrected chi connectivity index (χ2v) is 8.38. The van der Waals surface area contributed by atoms with Crippen LogP contribution in [0, 0.1) is 0 Å². The summed E-state index contributed by atoms with van der Waals surface area (Å²) >= 11 is 1.62. The lowest BCUT2D eigenvalue weighted by molar-refractivity contribution is 0.0600. The molecule has 3 aromatic heterocycles. The van der Waals surface area contributed by atoms with Crippen molar-refractivity contribution in [1.29, 1.82) is 0 Å². The number of aromatic nitrogens is 2. The van der Waals surface area contributed by atoms with Gasteiger partial charge in [0.15, 0.2) is 0 Å². The van der Waals surface area contributed by atoms with Crippen LogP contribution in [0.3, 0.4) is 0 Å². The van der Waals surface area contributed by atoms with E-state index < -0.39 is 0 Å². The number of benzene rings is 1. The van der Waals surface area contributed by atoms with Crippen LogP contribution in [0.2, 0.25) is 0 Å². The monoisotopic (exact) mass is 433 g/mol. The Hall–Kier alpha value is -3.52. The van der Waals surface area contributed by atoms with E-state index in [9.17, 15) is 9.59 Å². The molecule has 0 radical (unpaired) electrons. The molecule has 0 N–H and O–H groups in total. The third kappa shape index (κ3) is 3.59. The SMILES string of the molecule is COC(=O)c1ccc(-c2ccc(/C=N\n3cnc4sc5c(c4c3=O)CCCC5)o2)cc1. The maximum Gasteiger partial charge on any atom is 0.337 e. The van der Waals surface area contributed by atoms with Gasteiger partial charge >= 0.3 is 5.97 Å². The van der Waals surface area contributed by atoms with Gasteiger partial charge in [-0.25, -0.2) is 9.78 Å². The van der Waals surface area contributed by atoms with E-state index in [4.69, 9.17) is 9.15 Å². The molecular weight excluding hydrogens is 414 g/mol. The highest BCUT2D eigenvalue weighted by Gasteiger charge is 2.19. The molecule has 5 rings (SSSR count). The number of hydrogen-bond acceptors (Lipinski definition) is 7. The Balaban J connectivity index is 1.41. The van der Waals surface area contributed by atoms with E-state index in [-0.39, 0.29) is 11.5 Å². The number of rotatable bonds is 4. The van der Waals surface area contributed by atoms with Crippen LogP contribution >= 0.6 is 11.3 Å². The van der Waals surface area contributed by atoms with Gasteiger partial charge in [-0.3, -0.25) is 4.79 Å². The van der Waals surface area contributed by atoms with E-state index in [0.717, 1.165) is 35.2 Å². The summed E-state index contributed by atoms with van der Waals surface area (Å²) in [4.78, 5) is 31.0. The van der Waals surface area contributed by atoms with Crippen molar-refractivity contribution in [2.75, 3.05) is 7.11 Å². The van der Waals surface area contributed by atoms with Crippen molar-refractivity contribution >= 4 is 33.7 Å². The lowest BCUT2D eigenvalue weighted by Gasteiger charge is -2.09. The van der Waals surface area contributed by atoms with Crippen LogP contribution in [0.15, 0.2) is 57.0 Å². The van der Waals surface area contributed by atoms with E-state index in [1.165, 1.54) is 35.6 Å². The molecule has 0 bridgehead atoms. The number of hydrogen-bond donors (Lipinski definition) is 0. The number of ether oxygens (including phenoxy) is 1. The fraction of sp³-hybridized carbons (Fsp3) is 0.217. The van der Waals surface area contributed by atoms with E-state index >= 15 is 0 Å². The van der Waals surface area contributed by atoms with Crippen LogP contribution in [0.4, 0.5) is 0 Å². The molecule has 8 heteroatoms. The van der Waals surface area contributed by atoms with E-state index in [0.29, 0.717) is 22.5 Å². The molecule has 0 atom stereocenters. The van der Waals surface area contributed by atoms with Crippen LogP contribution in [0.5, 0.6) is 0 Å². The molecule has 0 aliphatic heterocycles. The van der Waals surface area contributed by atoms with Gasteiger partial charge in [-0.15, -0.1) is 11.3 Å². The maximum absolute atomic E-state index is 13.0. The molecule has 0 saturated heterocycles. The summed E-state index contributed by atoms with van der Waals surface area (Å²) < 4.78 is 11.8. The molecule has 0 amide bonds. The molecule has 3 heterocycles. The van der Waals surface area contributed by atoms with Crippen molar-refractivity contribution in [3.8, 4) is 11.3 Å². The van der Waals surface area contributed by atoms with Crippen molar-refractivity contribution in [3.05, 3.63) is 74.8 Å². The number of methoxy groups -OCH3 is 1. The largest absolute Gasteiger partial charge is 0.465 e. The summed E-state index contributed by atoms with van der Waals surface area (Å²) in [7, 11) is 1.35. The van der Waals surface area contributed by atoms with Crippen molar-refractivity contribution in [3.63, 3.8) is 0 Å². The van der Waals surface area contributed by atoms with Gasteiger partial charge in [0.25, 0.3) is 5.56 Å². The van der Waals surface area contributed by atoms with E-state index in [2.05, 4.69) is 10.1 Å². The van der Waals surface area contributed by atoms with Gasteiger partial charge in [-0.05, 0) is 55.5 Å². The summed E-state index contributed by atoms with van der Waals surface area (Å²) in [5, 5.41) is 4.98. The highest BCUT2D eigenvalue weighted by molar-refractivity contribution is 7.18. The third-order valence-corrected chi connectivity index (χ3v) is 6.59. The fourth-order valence-corrected chi connectivity index (χ4v) is 5.02. The van der Waals surface area contributed by atoms with Crippen molar-refractivity contribution in [1.82, 2.24) is 9.66 Å². The van der Waals surface area contributed by atoms with Gasteiger partial charge in [-0.1, -0.05) is 12.1 Å². The molecule has 1 aromatic carbocycles. The zero-order chi connectivity index (χ0) is 21.4. The highest BCUT2D eigenvalue weighted by atomic mass is 32.1. The smallest absolute Gasteiger partial charge is 0.337 e. The summed E-state index contributed by atoms with van der Waals surface area (Å²) in [6, 6.07) is 10.5. The Labute approximate surface area is 181 Å². The second kappa shape index (κ2) is 7.96. The standard InChI is InChI=1S/C23H19N3O4S/c1-29-23(28)15-8-6-14(7-9-15)18-11-10-16(30-18)12-25-26-13-24-21-20(22(26)27)17-4-2-3-5-19(17)31-21/h6-13H,2-5H2,1H3/b25-12-. The summed E-state index contributed by atoms with van der Waals surface area (Å²) in [6.07, 6.45) is 7.17. The first kappa shape index (κ1) is 19.4. The molecule has 31 heavy (non-hydrogen) atoms. The summed E-state index contributed by atoms with van der Waals surface area (Å²) in [5.74, 6) is 0.749. The topological polar surface area (TPSA) is 86.7 Å². The third-order valence-electron chi connectivity index (χ3n) is 5.39. The van der Waals surface area contributed by atoms with Gasteiger partial charge in [-0.2, -0.15) is 9.78 Å². The number of esters is 1. The zero-order valence-corrected chi connectivity index (χ0v) is 17.6. The number of aryl methyl sites for hydroxylation is 2. The number of thiophene rings is 1. The van der Waals surface area contributed by atoms with Gasteiger partial charge in [0.1, 0.15) is 22.7 Å². The zero-order valence-electron chi connectivity index (χ0n) is 16.8. The van der Waals surface area contributed by atoms with Gasteiger partial charge in [0.2, 0.25) is 0 Å². The molecule has 156 valence electrons. The first-order valence-electron chi connectivity index (χ1n) is 9.99. The Morgan fingerprint density at radius 3 is 2.81 bits per heavy atom. The Morgan fingerprint density at radius 1 is 1.19 bits per heavy atom. The normalized spacial score (nSPS) is 13.6. The predicted molar refractivity (Wildman–Crippen MR) is 119 cm³/mol. The van der Waals surface area contributed by atoms with Crippen LogP contribution in [-0.4, -0.2) is 29.0 Å². The van der Waals surface area contributed by atoms with Gasteiger partial charge in [0, 0.05) is 10.4 Å². The molecule has 0 fully saturated rings. The minimum atomic E-state index is -0.387. The molecule has 1 aliphatic carbocycles. The van der Waals surface area contributed by atoms with Gasteiger partial charge < -0.3 is 9.15 Å². The lowest BCUT2D eigenvalue weighted by atomic mass is 9.97. The molecule has 1 aliphatic rings. The summed E-state index contributed by atoms with van der Waals surface area (Å²) in [6.45, 7) is 0. The Bertz CT molecular complexity index is 1360. The van der Waals surface area contributed by atoms with Crippen molar-refractivity contribution < 1.29 is 13.9 Å². The average Bonchev–Trinajstić information content (AvgIpc) is 3.43. The average molecular weight is 433 g/mol. The maximum atomic E-state index is 13.0.